The van der Waals surface area contributed by atoms with Gasteiger partial charge in [-0.15, -0.1) is 0 Å². The minimum atomic E-state index is 0.464. The normalized spacial score (nSPS) is 10.9. The number of rotatable bonds is 6. The quantitative estimate of drug-likeness (QED) is 0.309. The number of anilines is 2. The van der Waals surface area contributed by atoms with Crippen LogP contribution >= 0.6 is 35.4 Å². The van der Waals surface area contributed by atoms with Crippen molar-refractivity contribution < 1.29 is 0 Å². The van der Waals surface area contributed by atoms with Crippen LogP contribution in [0.5, 0.6) is 0 Å². The third kappa shape index (κ3) is 5.55. The lowest BCUT2D eigenvalue weighted by Crippen LogP contribution is -2.19. The van der Waals surface area contributed by atoms with E-state index in [1.54, 1.807) is 6.20 Å². The Kier molecular flexibility index (Phi) is 7.02. The predicted octanol–water partition coefficient (Wildman–Crippen LogP) is 6.22. The fourth-order valence-electron chi connectivity index (χ4n) is 3.54. The zero-order valence-electron chi connectivity index (χ0n) is 18.6. The molecule has 0 amide bonds. The summed E-state index contributed by atoms with van der Waals surface area (Å²) in [6, 6.07) is 13.9. The Morgan fingerprint density at radius 1 is 0.970 bits per heavy atom. The van der Waals surface area contributed by atoms with Gasteiger partial charge in [0.15, 0.2) is 5.11 Å². The van der Waals surface area contributed by atoms with E-state index in [0.717, 1.165) is 28.3 Å². The molecule has 0 saturated heterocycles. The number of halogens is 2. The van der Waals surface area contributed by atoms with Gasteiger partial charge < -0.3 is 10.6 Å². The molecule has 4 rings (SSSR count). The molecule has 0 unspecified atom stereocenters. The first-order valence-corrected chi connectivity index (χ1v) is 11.6. The molecule has 0 spiro atoms. The highest BCUT2D eigenvalue weighted by molar-refractivity contribution is 7.80. The highest BCUT2D eigenvalue weighted by atomic mass is 35.5. The zero-order valence-corrected chi connectivity index (χ0v) is 20.9. The molecule has 0 aliphatic rings. The first-order chi connectivity index (χ1) is 15.8. The number of aryl methyl sites for hydroxylation is 2. The molecule has 0 fully saturated rings. The van der Waals surface area contributed by atoms with Gasteiger partial charge in [0.05, 0.1) is 42.0 Å². The van der Waals surface area contributed by atoms with Crippen molar-refractivity contribution in [2.45, 2.75) is 33.9 Å². The van der Waals surface area contributed by atoms with Crippen LogP contribution < -0.4 is 10.6 Å². The van der Waals surface area contributed by atoms with Crippen molar-refractivity contribution in [1.82, 2.24) is 19.6 Å². The van der Waals surface area contributed by atoms with E-state index >= 15 is 0 Å². The molecule has 0 saturated carbocycles. The Morgan fingerprint density at radius 3 is 2.36 bits per heavy atom. The summed E-state index contributed by atoms with van der Waals surface area (Å²) in [4.78, 5) is 0. The SMILES string of the molecule is Cc1ccc(Cn2cc(NC(=S)Nc3c(C)nn(Cc4c(Cl)cccc4Cl)c3C)cn2)cc1. The van der Waals surface area contributed by atoms with Crippen LogP contribution in [0.3, 0.4) is 0 Å². The van der Waals surface area contributed by atoms with Crippen LogP contribution in [0.1, 0.15) is 28.1 Å². The molecule has 2 aromatic carbocycles. The van der Waals surface area contributed by atoms with E-state index < -0.39 is 0 Å². The summed E-state index contributed by atoms with van der Waals surface area (Å²) < 4.78 is 3.74. The molecular formula is C24H24Cl2N6S. The van der Waals surface area contributed by atoms with Crippen molar-refractivity contribution in [3.63, 3.8) is 0 Å². The van der Waals surface area contributed by atoms with Gasteiger partial charge in [-0.2, -0.15) is 10.2 Å². The van der Waals surface area contributed by atoms with Gasteiger partial charge >= 0.3 is 0 Å². The number of aromatic nitrogens is 4. The van der Waals surface area contributed by atoms with E-state index in [4.69, 9.17) is 35.4 Å². The monoisotopic (exact) mass is 498 g/mol. The molecule has 2 aromatic heterocycles. The first kappa shape index (κ1) is 23.3. The lowest BCUT2D eigenvalue weighted by Gasteiger charge is -2.11. The van der Waals surface area contributed by atoms with E-state index in [9.17, 15) is 0 Å². The fraction of sp³-hybridized carbons (Fsp3) is 0.208. The molecule has 0 aliphatic carbocycles. The van der Waals surface area contributed by atoms with Crippen molar-refractivity contribution >= 4 is 51.9 Å². The number of hydrogen-bond donors (Lipinski definition) is 2. The molecular weight excluding hydrogens is 475 g/mol. The second kappa shape index (κ2) is 9.95. The summed E-state index contributed by atoms with van der Waals surface area (Å²) in [5.74, 6) is 0. The number of nitrogens with one attached hydrogen (secondary N) is 2. The first-order valence-electron chi connectivity index (χ1n) is 10.4. The molecule has 6 nitrogen and oxygen atoms in total. The van der Waals surface area contributed by atoms with Crippen LogP contribution in [-0.2, 0) is 13.1 Å². The highest BCUT2D eigenvalue weighted by Crippen LogP contribution is 2.27. The van der Waals surface area contributed by atoms with Crippen LogP contribution in [0.15, 0.2) is 54.9 Å². The van der Waals surface area contributed by atoms with E-state index in [1.165, 1.54) is 11.1 Å². The average molecular weight is 499 g/mol. The number of nitrogens with zero attached hydrogens (tertiary/aromatic N) is 4. The van der Waals surface area contributed by atoms with E-state index in [-0.39, 0.29) is 0 Å². The summed E-state index contributed by atoms with van der Waals surface area (Å²) >= 11 is 18.2. The largest absolute Gasteiger partial charge is 0.330 e. The third-order valence-corrected chi connectivity index (χ3v) is 6.26. The standard InChI is InChI=1S/C24H24Cl2N6S/c1-15-7-9-18(10-8-15)12-31-13-19(11-27-31)28-24(33)29-23-16(2)30-32(17(23)3)14-20-21(25)5-4-6-22(20)26/h4-11,13H,12,14H2,1-3H3,(H2,28,29,33). The molecule has 0 aliphatic heterocycles. The maximum absolute atomic E-state index is 6.33. The molecule has 33 heavy (non-hydrogen) atoms. The minimum absolute atomic E-state index is 0.464. The summed E-state index contributed by atoms with van der Waals surface area (Å²) in [7, 11) is 0. The van der Waals surface area contributed by atoms with E-state index in [1.807, 2.05) is 47.6 Å². The number of thiocarbonyl (C=S) groups is 1. The van der Waals surface area contributed by atoms with Crippen LogP contribution in [-0.4, -0.2) is 24.7 Å². The Morgan fingerprint density at radius 2 is 1.67 bits per heavy atom. The van der Waals surface area contributed by atoms with E-state index in [2.05, 4.69) is 52.0 Å². The van der Waals surface area contributed by atoms with Crippen molar-refractivity contribution in [2.75, 3.05) is 10.6 Å². The smallest absolute Gasteiger partial charge is 0.175 e. The van der Waals surface area contributed by atoms with Crippen LogP contribution in [0.4, 0.5) is 11.4 Å². The van der Waals surface area contributed by atoms with Crippen molar-refractivity contribution in [2.24, 2.45) is 0 Å². The summed E-state index contributed by atoms with van der Waals surface area (Å²) in [5.41, 5.74) is 6.68. The van der Waals surface area contributed by atoms with Crippen LogP contribution in [0.25, 0.3) is 0 Å². The van der Waals surface area contributed by atoms with Crippen LogP contribution in [0, 0.1) is 20.8 Å². The van der Waals surface area contributed by atoms with Gasteiger partial charge in [-0.3, -0.25) is 9.36 Å². The summed E-state index contributed by atoms with van der Waals surface area (Å²) in [6.07, 6.45) is 3.68. The van der Waals surface area contributed by atoms with Gasteiger partial charge in [-0.25, -0.2) is 0 Å². The molecule has 9 heteroatoms. The Balaban J connectivity index is 1.42. The summed E-state index contributed by atoms with van der Waals surface area (Å²) in [5, 5.41) is 17.2. The lowest BCUT2D eigenvalue weighted by atomic mass is 10.1. The molecule has 0 radical (unpaired) electrons. The van der Waals surface area contributed by atoms with Gasteiger partial charge in [0.2, 0.25) is 0 Å². The maximum Gasteiger partial charge on any atom is 0.175 e. The second-order valence-electron chi connectivity index (χ2n) is 7.89. The Bertz CT molecular complexity index is 1270. The molecule has 4 aromatic rings. The second-order valence-corrected chi connectivity index (χ2v) is 9.12. The predicted molar refractivity (Wildman–Crippen MR) is 140 cm³/mol. The van der Waals surface area contributed by atoms with Gasteiger partial charge in [0, 0.05) is 21.8 Å². The Hall–Kier alpha value is -2.87. The highest BCUT2D eigenvalue weighted by Gasteiger charge is 2.15. The summed E-state index contributed by atoms with van der Waals surface area (Å²) in [6.45, 7) is 7.15. The Labute approximate surface area is 208 Å². The van der Waals surface area contributed by atoms with Gasteiger partial charge in [-0.05, 0) is 50.7 Å². The zero-order chi connectivity index (χ0) is 23.5. The van der Waals surface area contributed by atoms with Crippen LogP contribution in [0.2, 0.25) is 10.0 Å². The van der Waals surface area contributed by atoms with Crippen molar-refractivity contribution in [3.8, 4) is 0 Å². The van der Waals surface area contributed by atoms with Gasteiger partial charge in [0.25, 0.3) is 0 Å². The molecule has 0 atom stereocenters. The molecule has 0 bridgehead atoms. The number of hydrogen-bond acceptors (Lipinski definition) is 3. The lowest BCUT2D eigenvalue weighted by molar-refractivity contribution is 0.659. The van der Waals surface area contributed by atoms with E-state index in [0.29, 0.717) is 28.2 Å². The maximum atomic E-state index is 6.33. The number of benzene rings is 2. The van der Waals surface area contributed by atoms with Crippen molar-refractivity contribution in [1.29, 1.82) is 0 Å². The third-order valence-electron chi connectivity index (χ3n) is 5.35. The molecule has 2 heterocycles. The van der Waals surface area contributed by atoms with Gasteiger partial charge in [0.1, 0.15) is 0 Å². The van der Waals surface area contributed by atoms with Gasteiger partial charge in [-0.1, -0.05) is 59.1 Å². The topological polar surface area (TPSA) is 59.7 Å². The average Bonchev–Trinajstić information content (AvgIpc) is 3.31. The fourth-order valence-corrected chi connectivity index (χ4v) is 4.27. The minimum Gasteiger partial charge on any atom is -0.330 e. The van der Waals surface area contributed by atoms with Crippen molar-refractivity contribution in [3.05, 3.63) is 93.0 Å². The molecule has 170 valence electrons. The molecule has 2 N–H and O–H groups in total.